The predicted molar refractivity (Wildman–Crippen MR) is 76.9 cm³/mol. The van der Waals surface area contributed by atoms with E-state index in [1.54, 1.807) is 4.90 Å². The molecule has 1 aliphatic rings. The highest BCUT2D eigenvalue weighted by Gasteiger charge is 2.21. The second-order valence-electron chi connectivity index (χ2n) is 5.44. The minimum atomic E-state index is -0.396. The summed E-state index contributed by atoms with van der Waals surface area (Å²) in [6.07, 6.45) is 1.98. The molecule has 2 heterocycles. The van der Waals surface area contributed by atoms with Gasteiger partial charge >= 0.3 is 0 Å². The monoisotopic (exact) mass is 292 g/mol. The fraction of sp³-hybridized carbons (Fsp3) is 0.571. The van der Waals surface area contributed by atoms with E-state index in [2.05, 4.69) is 10.4 Å². The van der Waals surface area contributed by atoms with Crippen molar-refractivity contribution in [2.24, 2.45) is 0 Å². The van der Waals surface area contributed by atoms with Crippen LogP contribution in [0, 0.1) is 0 Å². The maximum absolute atomic E-state index is 12.2. The van der Waals surface area contributed by atoms with Crippen molar-refractivity contribution in [2.75, 3.05) is 13.1 Å². The van der Waals surface area contributed by atoms with Crippen LogP contribution in [0.4, 0.5) is 0 Å². The summed E-state index contributed by atoms with van der Waals surface area (Å²) in [5.74, 6) is -0.490. The van der Waals surface area contributed by atoms with Gasteiger partial charge in [-0.05, 0) is 32.8 Å². The molecule has 0 radical (unpaired) electrons. The third kappa shape index (κ3) is 3.90. The Morgan fingerprint density at radius 2 is 1.95 bits per heavy atom. The van der Waals surface area contributed by atoms with Crippen molar-refractivity contribution in [2.45, 2.75) is 39.3 Å². The molecule has 7 nitrogen and oxygen atoms in total. The number of nitrogens with one attached hydrogen (secondary N) is 1. The first-order valence-electron chi connectivity index (χ1n) is 7.14. The lowest BCUT2D eigenvalue weighted by Crippen LogP contribution is -2.38. The van der Waals surface area contributed by atoms with Gasteiger partial charge in [-0.1, -0.05) is 0 Å². The van der Waals surface area contributed by atoms with E-state index in [1.807, 2.05) is 13.8 Å². The van der Waals surface area contributed by atoms with E-state index in [4.69, 9.17) is 0 Å². The van der Waals surface area contributed by atoms with Crippen molar-refractivity contribution in [3.8, 4) is 0 Å². The quantitative estimate of drug-likeness (QED) is 0.847. The number of likely N-dealkylation sites (tertiary alicyclic amines) is 1. The Morgan fingerprint density at radius 3 is 2.57 bits per heavy atom. The average molecular weight is 292 g/mol. The number of hydrogen-bond donors (Lipinski definition) is 1. The molecule has 114 valence electrons. The zero-order valence-electron chi connectivity index (χ0n) is 12.3. The maximum atomic E-state index is 12.2. The van der Waals surface area contributed by atoms with Gasteiger partial charge < -0.3 is 10.2 Å². The van der Waals surface area contributed by atoms with E-state index in [0.717, 1.165) is 17.5 Å². The summed E-state index contributed by atoms with van der Waals surface area (Å²) in [4.78, 5) is 37.4. The van der Waals surface area contributed by atoms with Gasteiger partial charge in [0.1, 0.15) is 12.2 Å². The van der Waals surface area contributed by atoms with E-state index in [9.17, 15) is 14.4 Å². The summed E-state index contributed by atoms with van der Waals surface area (Å²) in [6.45, 7) is 4.92. The minimum absolute atomic E-state index is 0.0115. The molecule has 2 amide bonds. The number of amides is 2. The highest BCUT2D eigenvalue weighted by molar-refractivity contribution is 5.92. The molecule has 1 saturated heterocycles. The molecule has 7 heteroatoms. The molecular weight excluding hydrogens is 272 g/mol. The van der Waals surface area contributed by atoms with Crippen LogP contribution < -0.4 is 10.9 Å². The Bertz CT molecular complexity index is 588. The van der Waals surface area contributed by atoms with Crippen LogP contribution in [-0.4, -0.2) is 45.6 Å². The standard InChI is InChI=1S/C14H20N4O3/c1-10(2)15-12(19)9-18-13(20)6-5-11(16-18)14(21)17-7-3-4-8-17/h5-6,10H,3-4,7-9H2,1-2H3,(H,15,19). The molecule has 1 aliphatic heterocycles. The Labute approximate surface area is 122 Å². The predicted octanol–water partition coefficient (Wildman–Crippen LogP) is 0.00390. The summed E-state index contributed by atoms with van der Waals surface area (Å²) < 4.78 is 1.03. The summed E-state index contributed by atoms with van der Waals surface area (Å²) in [6, 6.07) is 2.68. The van der Waals surface area contributed by atoms with Crippen LogP contribution in [0.3, 0.4) is 0 Å². The van der Waals surface area contributed by atoms with Crippen LogP contribution in [0.15, 0.2) is 16.9 Å². The highest BCUT2D eigenvalue weighted by atomic mass is 16.2. The Morgan fingerprint density at radius 1 is 1.29 bits per heavy atom. The normalized spacial score (nSPS) is 14.5. The van der Waals surface area contributed by atoms with Crippen molar-refractivity contribution in [3.63, 3.8) is 0 Å². The van der Waals surface area contributed by atoms with Crippen LogP contribution in [0.1, 0.15) is 37.2 Å². The fourth-order valence-corrected chi connectivity index (χ4v) is 2.26. The van der Waals surface area contributed by atoms with Crippen LogP contribution in [0.5, 0.6) is 0 Å². The SMILES string of the molecule is CC(C)NC(=O)Cn1nc(C(=O)N2CCCC2)ccc1=O. The van der Waals surface area contributed by atoms with Gasteiger partial charge in [-0.3, -0.25) is 14.4 Å². The summed E-state index contributed by atoms with van der Waals surface area (Å²) in [5, 5.41) is 6.70. The second kappa shape index (κ2) is 6.51. The van der Waals surface area contributed by atoms with Gasteiger partial charge in [0.2, 0.25) is 5.91 Å². The van der Waals surface area contributed by atoms with Gasteiger partial charge in [-0.25, -0.2) is 4.68 Å². The molecular formula is C14H20N4O3. The van der Waals surface area contributed by atoms with Gasteiger partial charge in [-0.15, -0.1) is 0 Å². The lowest BCUT2D eigenvalue weighted by molar-refractivity contribution is -0.122. The number of carbonyl (C=O) groups excluding carboxylic acids is 2. The van der Waals surface area contributed by atoms with E-state index in [0.29, 0.717) is 13.1 Å². The maximum Gasteiger partial charge on any atom is 0.274 e. The van der Waals surface area contributed by atoms with E-state index in [-0.39, 0.29) is 30.1 Å². The fourth-order valence-electron chi connectivity index (χ4n) is 2.26. The van der Waals surface area contributed by atoms with Gasteiger partial charge in [0.15, 0.2) is 0 Å². The number of rotatable bonds is 4. The van der Waals surface area contributed by atoms with Crippen LogP contribution in [-0.2, 0) is 11.3 Å². The lowest BCUT2D eigenvalue weighted by atomic mass is 10.3. The first kappa shape index (κ1) is 15.2. The molecule has 0 atom stereocenters. The topological polar surface area (TPSA) is 84.3 Å². The molecule has 1 N–H and O–H groups in total. The molecule has 0 aliphatic carbocycles. The molecule has 0 spiro atoms. The summed E-state index contributed by atoms with van der Waals surface area (Å²) in [7, 11) is 0. The average Bonchev–Trinajstić information content (AvgIpc) is 2.93. The van der Waals surface area contributed by atoms with Crippen molar-refractivity contribution in [3.05, 3.63) is 28.2 Å². The zero-order chi connectivity index (χ0) is 15.4. The van der Waals surface area contributed by atoms with Crippen molar-refractivity contribution < 1.29 is 9.59 Å². The van der Waals surface area contributed by atoms with Crippen molar-refractivity contribution in [1.29, 1.82) is 0 Å². The van der Waals surface area contributed by atoms with Gasteiger partial charge in [0, 0.05) is 25.2 Å². The summed E-state index contributed by atoms with van der Waals surface area (Å²) >= 11 is 0. The highest BCUT2D eigenvalue weighted by Crippen LogP contribution is 2.10. The van der Waals surface area contributed by atoms with E-state index < -0.39 is 5.56 Å². The number of nitrogens with zero attached hydrogens (tertiary/aromatic N) is 3. The molecule has 0 saturated carbocycles. The van der Waals surface area contributed by atoms with Crippen LogP contribution >= 0.6 is 0 Å². The molecule has 1 fully saturated rings. The molecule has 2 rings (SSSR count). The Hall–Kier alpha value is -2.18. The van der Waals surface area contributed by atoms with Gasteiger partial charge in [-0.2, -0.15) is 5.10 Å². The third-order valence-corrected chi connectivity index (χ3v) is 3.22. The van der Waals surface area contributed by atoms with Gasteiger partial charge in [0.25, 0.3) is 11.5 Å². The van der Waals surface area contributed by atoms with Crippen LogP contribution in [0.25, 0.3) is 0 Å². The Balaban J connectivity index is 2.15. The minimum Gasteiger partial charge on any atom is -0.352 e. The molecule has 1 aromatic rings. The van der Waals surface area contributed by atoms with E-state index in [1.165, 1.54) is 12.1 Å². The molecule has 21 heavy (non-hydrogen) atoms. The molecule has 1 aromatic heterocycles. The van der Waals surface area contributed by atoms with Crippen LogP contribution in [0.2, 0.25) is 0 Å². The number of carbonyl (C=O) groups is 2. The molecule has 0 bridgehead atoms. The number of aromatic nitrogens is 2. The Kier molecular flexibility index (Phi) is 4.72. The smallest absolute Gasteiger partial charge is 0.274 e. The van der Waals surface area contributed by atoms with E-state index >= 15 is 0 Å². The zero-order valence-corrected chi connectivity index (χ0v) is 12.3. The lowest BCUT2D eigenvalue weighted by Gasteiger charge is -2.15. The largest absolute Gasteiger partial charge is 0.352 e. The third-order valence-electron chi connectivity index (χ3n) is 3.22. The van der Waals surface area contributed by atoms with Gasteiger partial charge in [0.05, 0.1) is 0 Å². The van der Waals surface area contributed by atoms with Crippen molar-refractivity contribution in [1.82, 2.24) is 20.0 Å². The molecule has 0 unspecified atom stereocenters. The second-order valence-corrected chi connectivity index (χ2v) is 5.44. The van der Waals surface area contributed by atoms with Crippen molar-refractivity contribution >= 4 is 11.8 Å². The molecule has 0 aromatic carbocycles. The summed E-state index contributed by atoms with van der Waals surface area (Å²) in [5.41, 5.74) is -0.194. The first-order valence-corrected chi connectivity index (χ1v) is 7.14. The number of hydrogen-bond acceptors (Lipinski definition) is 4. The first-order chi connectivity index (χ1) is 9.97.